The van der Waals surface area contributed by atoms with E-state index in [1.54, 1.807) is 0 Å². The highest BCUT2D eigenvalue weighted by Gasteiger charge is 2.26. The van der Waals surface area contributed by atoms with Gasteiger partial charge >= 0.3 is 0 Å². The molecule has 2 fully saturated rings. The number of piperidine rings is 1. The third-order valence-corrected chi connectivity index (χ3v) is 4.83. The minimum atomic E-state index is -0.208. The number of amides is 1. The maximum Gasteiger partial charge on any atom is 0.220 e. The number of halogens is 1. The average Bonchev–Trinajstić information content (AvgIpc) is 2.83. The normalized spacial score (nSPS) is 31.4. The summed E-state index contributed by atoms with van der Waals surface area (Å²) in [5, 5.41) is 16.1. The Bertz CT molecular complexity index is 296. The van der Waals surface area contributed by atoms with Crippen LogP contribution in [0.4, 0.5) is 0 Å². The van der Waals surface area contributed by atoms with Crippen molar-refractivity contribution in [3.05, 3.63) is 0 Å². The summed E-state index contributed by atoms with van der Waals surface area (Å²) in [5.41, 5.74) is 0. The molecule has 4 unspecified atom stereocenters. The Morgan fingerprint density at radius 2 is 2.15 bits per heavy atom. The Hall–Kier alpha value is -0.320. The summed E-state index contributed by atoms with van der Waals surface area (Å²) in [5.74, 6) is 1.51. The van der Waals surface area contributed by atoms with Crippen molar-refractivity contribution in [3.8, 4) is 0 Å². The summed E-state index contributed by atoms with van der Waals surface area (Å²) in [6, 6.07) is 0. The lowest BCUT2D eigenvalue weighted by atomic mass is 9.85. The van der Waals surface area contributed by atoms with Crippen LogP contribution >= 0.6 is 12.4 Å². The zero-order chi connectivity index (χ0) is 13.7. The Labute approximate surface area is 128 Å². The molecule has 5 heteroatoms. The van der Waals surface area contributed by atoms with Crippen LogP contribution in [0, 0.1) is 17.8 Å². The van der Waals surface area contributed by atoms with Crippen molar-refractivity contribution in [2.45, 2.75) is 51.6 Å². The van der Waals surface area contributed by atoms with Gasteiger partial charge in [0.15, 0.2) is 0 Å². The molecule has 1 saturated carbocycles. The van der Waals surface area contributed by atoms with E-state index < -0.39 is 0 Å². The number of hydrogen-bond donors (Lipinski definition) is 3. The standard InChI is InChI=1S/C15H28N2O2.ClH/c1-11(12-5-3-7-16-9-12)8-15(19)17-10-13-4-2-6-14(13)18;/h11-14,16,18H,2-10H2,1H3,(H,17,19);1H. The highest BCUT2D eigenvalue weighted by molar-refractivity contribution is 5.85. The van der Waals surface area contributed by atoms with Crippen LogP contribution in [0.5, 0.6) is 0 Å². The molecule has 1 aliphatic carbocycles. The molecule has 3 N–H and O–H groups in total. The van der Waals surface area contributed by atoms with Gasteiger partial charge in [0.1, 0.15) is 0 Å². The molecule has 0 radical (unpaired) electrons. The molecular weight excluding hydrogens is 276 g/mol. The molecule has 1 aliphatic heterocycles. The third kappa shape index (κ3) is 5.23. The van der Waals surface area contributed by atoms with Gasteiger partial charge in [0.05, 0.1) is 6.10 Å². The Morgan fingerprint density at radius 1 is 1.35 bits per heavy atom. The molecule has 1 amide bonds. The van der Waals surface area contributed by atoms with Crippen molar-refractivity contribution in [2.75, 3.05) is 19.6 Å². The molecule has 20 heavy (non-hydrogen) atoms. The molecule has 118 valence electrons. The zero-order valence-electron chi connectivity index (χ0n) is 12.4. The van der Waals surface area contributed by atoms with Gasteiger partial charge in [0.25, 0.3) is 0 Å². The summed E-state index contributed by atoms with van der Waals surface area (Å²) in [7, 11) is 0. The first-order valence-corrected chi connectivity index (χ1v) is 7.82. The molecule has 4 atom stereocenters. The lowest BCUT2D eigenvalue weighted by molar-refractivity contribution is -0.122. The summed E-state index contributed by atoms with van der Waals surface area (Å²) >= 11 is 0. The number of carbonyl (C=O) groups excluding carboxylic acids is 1. The van der Waals surface area contributed by atoms with Crippen molar-refractivity contribution in [1.82, 2.24) is 10.6 Å². The minimum absolute atomic E-state index is 0. The van der Waals surface area contributed by atoms with Crippen LogP contribution in [0.3, 0.4) is 0 Å². The lowest BCUT2D eigenvalue weighted by Crippen LogP contribution is -2.37. The van der Waals surface area contributed by atoms with Crippen LogP contribution in [0.2, 0.25) is 0 Å². The summed E-state index contributed by atoms with van der Waals surface area (Å²) in [4.78, 5) is 11.9. The minimum Gasteiger partial charge on any atom is -0.393 e. The third-order valence-electron chi connectivity index (χ3n) is 4.83. The second kappa shape index (κ2) is 8.85. The molecule has 2 rings (SSSR count). The molecule has 2 aliphatic rings. The van der Waals surface area contributed by atoms with Crippen molar-refractivity contribution in [3.63, 3.8) is 0 Å². The van der Waals surface area contributed by atoms with Crippen LogP contribution < -0.4 is 10.6 Å². The van der Waals surface area contributed by atoms with Gasteiger partial charge in [-0.25, -0.2) is 0 Å². The predicted octanol–water partition coefficient (Wildman–Crippen LogP) is 1.71. The molecule has 0 bridgehead atoms. The highest BCUT2D eigenvalue weighted by atomic mass is 35.5. The number of hydrogen-bond acceptors (Lipinski definition) is 3. The van der Waals surface area contributed by atoms with E-state index in [9.17, 15) is 9.90 Å². The fraction of sp³-hybridized carbons (Fsp3) is 0.933. The number of aliphatic hydroxyl groups is 1. The molecular formula is C15H29ClN2O2. The summed E-state index contributed by atoms with van der Waals surface area (Å²) in [6.45, 7) is 5.00. The molecule has 0 aromatic heterocycles. The fourth-order valence-corrected chi connectivity index (χ4v) is 3.40. The van der Waals surface area contributed by atoms with Crippen LogP contribution in [-0.2, 0) is 4.79 Å². The first-order chi connectivity index (χ1) is 9.16. The second-order valence-corrected chi connectivity index (χ2v) is 6.35. The van der Waals surface area contributed by atoms with E-state index in [0.29, 0.717) is 24.8 Å². The van der Waals surface area contributed by atoms with E-state index in [-0.39, 0.29) is 30.3 Å². The van der Waals surface area contributed by atoms with Crippen molar-refractivity contribution in [1.29, 1.82) is 0 Å². The first-order valence-electron chi connectivity index (χ1n) is 7.82. The highest BCUT2D eigenvalue weighted by Crippen LogP contribution is 2.25. The molecule has 4 nitrogen and oxygen atoms in total. The number of rotatable bonds is 5. The van der Waals surface area contributed by atoms with Gasteiger partial charge in [-0.2, -0.15) is 0 Å². The van der Waals surface area contributed by atoms with E-state index >= 15 is 0 Å². The van der Waals surface area contributed by atoms with Gasteiger partial charge in [0.2, 0.25) is 5.91 Å². The van der Waals surface area contributed by atoms with E-state index in [1.807, 2.05) is 0 Å². The van der Waals surface area contributed by atoms with Gasteiger partial charge in [0, 0.05) is 18.9 Å². The van der Waals surface area contributed by atoms with E-state index in [1.165, 1.54) is 12.8 Å². The fourth-order valence-electron chi connectivity index (χ4n) is 3.40. The molecule has 0 spiro atoms. The second-order valence-electron chi connectivity index (χ2n) is 6.35. The van der Waals surface area contributed by atoms with E-state index in [4.69, 9.17) is 0 Å². The topological polar surface area (TPSA) is 61.4 Å². The number of carbonyl (C=O) groups is 1. The quantitative estimate of drug-likeness (QED) is 0.725. The van der Waals surface area contributed by atoms with Gasteiger partial charge < -0.3 is 15.7 Å². The van der Waals surface area contributed by atoms with Crippen LogP contribution in [0.1, 0.15) is 45.4 Å². The smallest absolute Gasteiger partial charge is 0.220 e. The summed E-state index contributed by atoms with van der Waals surface area (Å²) in [6.07, 6.45) is 5.91. The van der Waals surface area contributed by atoms with Crippen molar-refractivity contribution >= 4 is 18.3 Å². The zero-order valence-corrected chi connectivity index (χ0v) is 13.3. The van der Waals surface area contributed by atoms with Crippen molar-refractivity contribution in [2.24, 2.45) is 17.8 Å². The maximum atomic E-state index is 11.9. The monoisotopic (exact) mass is 304 g/mol. The van der Waals surface area contributed by atoms with Gasteiger partial charge in [-0.15, -0.1) is 12.4 Å². The van der Waals surface area contributed by atoms with E-state index in [2.05, 4.69) is 17.6 Å². The molecule has 0 aromatic carbocycles. The number of nitrogens with one attached hydrogen (secondary N) is 2. The SMILES string of the molecule is CC(CC(=O)NCC1CCCC1O)C1CCCNC1.Cl. The lowest BCUT2D eigenvalue weighted by Gasteiger charge is -2.28. The van der Waals surface area contributed by atoms with Crippen molar-refractivity contribution < 1.29 is 9.90 Å². The predicted molar refractivity (Wildman–Crippen MR) is 83.0 cm³/mol. The first kappa shape index (κ1) is 17.7. The van der Waals surface area contributed by atoms with E-state index in [0.717, 1.165) is 32.4 Å². The molecule has 1 saturated heterocycles. The molecule has 0 aromatic rings. The summed E-state index contributed by atoms with van der Waals surface area (Å²) < 4.78 is 0. The van der Waals surface area contributed by atoms with Crippen LogP contribution in [-0.4, -0.2) is 36.8 Å². The molecule has 1 heterocycles. The largest absolute Gasteiger partial charge is 0.393 e. The Kier molecular flexibility index (Phi) is 7.85. The van der Waals surface area contributed by atoms with Gasteiger partial charge in [-0.1, -0.05) is 13.3 Å². The van der Waals surface area contributed by atoms with Gasteiger partial charge in [-0.3, -0.25) is 4.79 Å². The van der Waals surface area contributed by atoms with Crippen LogP contribution in [0.15, 0.2) is 0 Å². The maximum absolute atomic E-state index is 11.9. The Balaban J connectivity index is 0.00000200. The van der Waals surface area contributed by atoms with Gasteiger partial charge in [-0.05, 0) is 50.6 Å². The number of aliphatic hydroxyl groups excluding tert-OH is 1. The average molecular weight is 305 g/mol. The Morgan fingerprint density at radius 3 is 2.75 bits per heavy atom. The van der Waals surface area contributed by atoms with Crippen LogP contribution in [0.25, 0.3) is 0 Å².